The summed E-state index contributed by atoms with van der Waals surface area (Å²) < 4.78 is 27.4. The molecule has 0 aliphatic carbocycles. The van der Waals surface area contributed by atoms with Crippen LogP contribution in [0.4, 0.5) is 0 Å². The fourth-order valence-corrected chi connectivity index (χ4v) is 6.51. The van der Waals surface area contributed by atoms with Gasteiger partial charge in [-0.3, -0.25) is 14.5 Å². The summed E-state index contributed by atoms with van der Waals surface area (Å²) in [7, 11) is -3.62. The number of hydrogen-bond donors (Lipinski definition) is 2. The van der Waals surface area contributed by atoms with Crippen molar-refractivity contribution in [1.29, 1.82) is 0 Å². The van der Waals surface area contributed by atoms with Gasteiger partial charge in [0.15, 0.2) is 0 Å². The molecule has 2 aliphatic rings. The van der Waals surface area contributed by atoms with Crippen molar-refractivity contribution in [2.75, 3.05) is 26.2 Å². The molecular formula is C23H32N4O4S. The SMILES string of the molecule is CC1CCCC(C)N1CCNC(=O)c1cc(=O)[nH]c2ccc(S(=O)(=O)N3CCCC3)cc12. The average molecular weight is 461 g/mol. The van der Waals surface area contributed by atoms with E-state index in [1.54, 1.807) is 6.07 Å². The van der Waals surface area contributed by atoms with Crippen LogP contribution in [0.1, 0.15) is 56.3 Å². The fraction of sp³-hybridized carbons (Fsp3) is 0.565. The van der Waals surface area contributed by atoms with Gasteiger partial charge in [-0.05, 0) is 57.7 Å². The zero-order chi connectivity index (χ0) is 22.9. The molecule has 3 heterocycles. The maximum Gasteiger partial charge on any atom is 0.252 e. The molecule has 2 N–H and O–H groups in total. The summed E-state index contributed by atoms with van der Waals surface area (Å²) in [6.45, 7) is 6.64. The number of likely N-dealkylation sites (tertiary alicyclic amines) is 1. The molecule has 2 atom stereocenters. The number of pyridine rings is 1. The number of amides is 1. The number of H-pyrrole nitrogens is 1. The molecule has 1 amide bonds. The molecule has 32 heavy (non-hydrogen) atoms. The highest BCUT2D eigenvalue weighted by Gasteiger charge is 2.28. The van der Waals surface area contributed by atoms with Gasteiger partial charge in [0.05, 0.1) is 10.5 Å². The third-order valence-corrected chi connectivity index (χ3v) is 8.69. The van der Waals surface area contributed by atoms with Gasteiger partial charge in [0.25, 0.3) is 5.91 Å². The number of fused-ring (bicyclic) bond motifs is 1. The molecule has 174 valence electrons. The molecule has 2 aliphatic heterocycles. The maximum absolute atomic E-state index is 13.0. The van der Waals surface area contributed by atoms with Crippen molar-refractivity contribution in [3.63, 3.8) is 0 Å². The van der Waals surface area contributed by atoms with Crippen LogP contribution >= 0.6 is 0 Å². The Hall–Kier alpha value is -2.23. The van der Waals surface area contributed by atoms with Crippen LogP contribution in [-0.4, -0.2) is 66.8 Å². The number of carbonyl (C=O) groups excluding carboxylic acids is 1. The molecule has 2 aromatic rings. The van der Waals surface area contributed by atoms with E-state index in [1.165, 1.54) is 28.9 Å². The Labute approximate surface area is 189 Å². The van der Waals surface area contributed by atoms with Gasteiger partial charge in [-0.25, -0.2) is 8.42 Å². The first kappa shape index (κ1) is 22.9. The van der Waals surface area contributed by atoms with E-state index >= 15 is 0 Å². The molecule has 0 saturated carbocycles. The summed E-state index contributed by atoms with van der Waals surface area (Å²) in [6, 6.07) is 6.77. The highest BCUT2D eigenvalue weighted by Crippen LogP contribution is 2.25. The van der Waals surface area contributed by atoms with Gasteiger partial charge < -0.3 is 10.3 Å². The number of hydrogen-bond acceptors (Lipinski definition) is 5. The molecule has 2 saturated heterocycles. The molecule has 0 spiro atoms. The van der Waals surface area contributed by atoms with Gasteiger partial charge in [-0.15, -0.1) is 0 Å². The van der Waals surface area contributed by atoms with Crippen LogP contribution in [0, 0.1) is 0 Å². The van der Waals surface area contributed by atoms with Crippen molar-refractivity contribution in [2.24, 2.45) is 0 Å². The minimum absolute atomic E-state index is 0.143. The number of rotatable bonds is 6. The lowest BCUT2D eigenvalue weighted by Gasteiger charge is -2.39. The third-order valence-electron chi connectivity index (χ3n) is 6.79. The van der Waals surface area contributed by atoms with E-state index in [4.69, 9.17) is 0 Å². The summed E-state index contributed by atoms with van der Waals surface area (Å²) in [4.78, 5) is 30.4. The van der Waals surface area contributed by atoms with Gasteiger partial charge in [0.1, 0.15) is 0 Å². The van der Waals surface area contributed by atoms with Gasteiger partial charge in [-0.1, -0.05) is 6.42 Å². The van der Waals surface area contributed by atoms with E-state index in [2.05, 4.69) is 29.0 Å². The third kappa shape index (κ3) is 4.60. The lowest BCUT2D eigenvalue weighted by Crippen LogP contribution is -2.47. The predicted octanol–water partition coefficient (Wildman–Crippen LogP) is 2.31. The number of nitrogens with zero attached hydrogens (tertiary/aromatic N) is 2. The summed E-state index contributed by atoms with van der Waals surface area (Å²) in [6.07, 6.45) is 5.24. The maximum atomic E-state index is 13.0. The first-order valence-electron chi connectivity index (χ1n) is 11.5. The minimum atomic E-state index is -3.62. The van der Waals surface area contributed by atoms with Gasteiger partial charge in [-0.2, -0.15) is 4.31 Å². The first-order valence-corrected chi connectivity index (χ1v) is 12.9. The van der Waals surface area contributed by atoms with Crippen molar-refractivity contribution < 1.29 is 13.2 Å². The summed E-state index contributed by atoms with van der Waals surface area (Å²) >= 11 is 0. The number of benzene rings is 1. The Morgan fingerprint density at radius 3 is 2.47 bits per heavy atom. The molecule has 4 rings (SSSR count). The van der Waals surface area contributed by atoms with Crippen molar-refractivity contribution in [1.82, 2.24) is 19.5 Å². The Balaban J connectivity index is 1.57. The average Bonchev–Trinajstić information content (AvgIpc) is 3.30. The highest BCUT2D eigenvalue weighted by atomic mass is 32.2. The van der Waals surface area contributed by atoms with E-state index in [0.29, 0.717) is 42.6 Å². The lowest BCUT2D eigenvalue weighted by molar-refractivity contribution is 0.0890. The molecule has 1 aromatic carbocycles. The monoisotopic (exact) mass is 460 g/mol. The van der Waals surface area contributed by atoms with Crippen LogP contribution < -0.4 is 10.9 Å². The topological polar surface area (TPSA) is 103 Å². The highest BCUT2D eigenvalue weighted by molar-refractivity contribution is 7.89. The molecule has 0 radical (unpaired) electrons. The quantitative estimate of drug-likeness (QED) is 0.689. The van der Waals surface area contributed by atoms with Gasteiger partial charge in [0, 0.05) is 55.2 Å². The number of nitrogens with one attached hydrogen (secondary N) is 2. The van der Waals surface area contributed by atoms with E-state index in [-0.39, 0.29) is 16.4 Å². The Morgan fingerprint density at radius 1 is 1.09 bits per heavy atom. The molecular weight excluding hydrogens is 428 g/mol. The van der Waals surface area contributed by atoms with Crippen LogP contribution in [0.3, 0.4) is 0 Å². The molecule has 0 bridgehead atoms. The summed E-state index contributed by atoms with van der Waals surface area (Å²) in [5.41, 5.74) is 0.249. The second-order valence-electron chi connectivity index (χ2n) is 8.99. The van der Waals surface area contributed by atoms with E-state index < -0.39 is 15.6 Å². The standard InChI is InChI=1S/C23H32N4O4S/c1-16-6-5-7-17(2)27(16)13-10-24-23(29)20-15-22(28)25-21-9-8-18(14-19(20)21)32(30,31)26-11-3-4-12-26/h8-9,14-17H,3-7,10-13H2,1-2H3,(H,24,29)(H,25,28). The number of carbonyl (C=O) groups is 1. The smallest absolute Gasteiger partial charge is 0.252 e. The van der Waals surface area contributed by atoms with Crippen molar-refractivity contribution in [3.8, 4) is 0 Å². The number of sulfonamides is 1. The van der Waals surface area contributed by atoms with E-state index in [1.807, 2.05) is 0 Å². The predicted molar refractivity (Wildman–Crippen MR) is 124 cm³/mol. The van der Waals surface area contributed by atoms with Crippen molar-refractivity contribution in [3.05, 3.63) is 40.2 Å². The Kier molecular flexibility index (Phi) is 6.69. The van der Waals surface area contributed by atoms with Gasteiger partial charge in [0.2, 0.25) is 15.6 Å². The number of aromatic amines is 1. The normalized spacial score (nSPS) is 22.9. The summed E-state index contributed by atoms with van der Waals surface area (Å²) in [5, 5.41) is 3.36. The summed E-state index contributed by atoms with van der Waals surface area (Å²) in [5.74, 6) is -0.367. The largest absolute Gasteiger partial charge is 0.351 e. The zero-order valence-electron chi connectivity index (χ0n) is 18.8. The molecule has 1 aromatic heterocycles. The molecule has 8 nitrogen and oxygen atoms in total. The van der Waals surface area contributed by atoms with E-state index in [9.17, 15) is 18.0 Å². The molecule has 2 unspecified atom stereocenters. The Morgan fingerprint density at radius 2 is 1.78 bits per heavy atom. The second-order valence-corrected chi connectivity index (χ2v) is 10.9. The fourth-order valence-electron chi connectivity index (χ4n) is 4.97. The van der Waals surface area contributed by atoms with Crippen molar-refractivity contribution >= 4 is 26.8 Å². The van der Waals surface area contributed by atoms with Crippen LogP contribution in [0.15, 0.2) is 34.0 Å². The van der Waals surface area contributed by atoms with Gasteiger partial charge >= 0.3 is 0 Å². The number of aromatic nitrogens is 1. The minimum Gasteiger partial charge on any atom is -0.351 e. The molecule has 9 heteroatoms. The Bertz CT molecular complexity index is 1140. The first-order chi connectivity index (χ1) is 15.3. The van der Waals surface area contributed by atoms with Crippen molar-refractivity contribution in [2.45, 2.75) is 62.9 Å². The zero-order valence-corrected chi connectivity index (χ0v) is 19.6. The number of piperidine rings is 1. The van der Waals surface area contributed by atoms with Crippen LogP contribution in [0.2, 0.25) is 0 Å². The van der Waals surface area contributed by atoms with Crippen LogP contribution in [0.25, 0.3) is 10.9 Å². The lowest BCUT2D eigenvalue weighted by atomic mass is 9.98. The molecule has 2 fully saturated rings. The van der Waals surface area contributed by atoms with E-state index in [0.717, 1.165) is 32.2 Å². The van der Waals surface area contributed by atoms with Crippen LogP contribution in [0.5, 0.6) is 0 Å². The second kappa shape index (κ2) is 9.33. The van der Waals surface area contributed by atoms with Crippen LogP contribution in [-0.2, 0) is 10.0 Å².